The van der Waals surface area contributed by atoms with Gasteiger partial charge in [0.25, 0.3) is 5.56 Å². The highest BCUT2D eigenvalue weighted by Gasteiger charge is 2.17. The topological polar surface area (TPSA) is 69.3 Å². The summed E-state index contributed by atoms with van der Waals surface area (Å²) in [5, 5.41) is 0.588. The van der Waals surface area contributed by atoms with Gasteiger partial charge in [-0.15, -0.1) is 0 Å². The fourth-order valence-corrected chi connectivity index (χ4v) is 3.17. The molecule has 1 fully saturated rings. The molecule has 2 heterocycles. The third-order valence-electron chi connectivity index (χ3n) is 4.45. The van der Waals surface area contributed by atoms with Crippen molar-refractivity contribution >= 4 is 16.8 Å². The van der Waals surface area contributed by atoms with Gasteiger partial charge in [0.2, 0.25) is 5.91 Å². The molecule has 0 bridgehead atoms. The van der Waals surface area contributed by atoms with Crippen LogP contribution in [0, 0.1) is 0 Å². The van der Waals surface area contributed by atoms with Crippen LogP contribution in [-0.4, -0.2) is 52.4 Å². The SMILES string of the molecule is CN(CC(=O)N1CCCCCC1)Cc1nc2ccccc2c(=O)[nH]1. The zero-order valence-corrected chi connectivity index (χ0v) is 14.1. The molecule has 0 aliphatic carbocycles. The van der Waals surface area contributed by atoms with Crippen molar-refractivity contribution in [2.45, 2.75) is 32.2 Å². The van der Waals surface area contributed by atoms with Crippen LogP contribution in [0.2, 0.25) is 0 Å². The number of aromatic nitrogens is 2. The lowest BCUT2D eigenvalue weighted by Crippen LogP contribution is -2.39. The number of para-hydroxylation sites is 1. The first-order valence-electron chi connectivity index (χ1n) is 8.58. The maximum Gasteiger partial charge on any atom is 0.258 e. The van der Waals surface area contributed by atoms with E-state index < -0.39 is 0 Å². The zero-order chi connectivity index (χ0) is 16.9. The number of H-pyrrole nitrogens is 1. The number of rotatable bonds is 4. The Kier molecular flexibility index (Phi) is 5.25. The Bertz CT molecular complexity index is 763. The lowest BCUT2D eigenvalue weighted by atomic mass is 10.2. The first kappa shape index (κ1) is 16.6. The molecule has 1 aromatic heterocycles. The fraction of sp³-hybridized carbons (Fsp3) is 0.500. The molecular formula is C18H24N4O2. The van der Waals surface area contributed by atoms with Crippen LogP contribution in [0.15, 0.2) is 29.1 Å². The van der Waals surface area contributed by atoms with Crippen molar-refractivity contribution < 1.29 is 4.79 Å². The highest BCUT2D eigenvalue weighted by molar-refractivity contribution is 5.78. The molecule has 1 aromatic carbocycles. The van der Waals surface area contributed by atoms with Crippen molar-refractivity contribution in [3.63, 3.8) is 0 Å². The van der Waals surface area contributed by atoms with Crippen molar-refractivity contribution in [2.24, 2.45) is 0 Å². The van der Waals surface area contributed by atoms with E-state index in [4.69, 9.17) is 0 Å². The van der Waals surface area contributed by atoms with E-state index in [-0.39, 0.29) is 11.5 Å². The number of hydrogen-bond donors (Lipinski definition) is 1. The molecule has 0 unspecified atom stereocenters. The molecule has 1 aliphatic heterocycles. The second-order valence-corrected chi connectivity index (χ2v) is 6.50. The van der Waals surface area contributed by atoms with Crippen molar-refractivity contribution in [3.05, 3.63) is 40.4 Å². The molecule has 0 radical (unpaired) electrons. The van der Waals surface area contributed by atoms with Gasteiger partial charge < -0.3 is 9.88 Å². The van der Waals surface area contributed by atoms with Crippen LogP contribution in [0.3, 0.4) is 0 Å². The number of nitrogens with one attached hydrogen (secondary N) is 1. The van der Waals surface area contributed by atoms with Gasteiger partial charge >= 0.3 is 0 Å². The van der Waals surface area contributed by atoms with Crippen LogP contribution < -0.4 is 5.56 Å². The second kappa shape index (κ2) is 7.57. The van der Waals surface area contributed by atoms with Crippen molar-refractivity contribution in [1.29, 1.82) is 0 Å². The fourth-order valence-electron chi connectivity index (χ4n) is 3.17. The standard InChI is InChI=1S/C18H24N4O2/c1-21(13-17(23)22-10-6-2-3-7-11-22)12-16-19-15-9-5-4-8-14(15)18(24)20-16/h4-5,8-9H,2-3,6-7,10-13H2,1H3,(H,19,20,24). The molecule has 24 heavy (non-hydrogen) atoms. The van der Waals surface area contributed by atoms with E-state index in [0.29, 0.717) is 29.8 Å². The number of likely N-dealkylation sites (N-methyl/N-ethyl adjacent to an activating group) is 1. The molecule has 1 aliphatic rings. The van der Waals surface area contributed by atoms with Gasteiger partial charge in [-0.2, -0.15) is 0 Å². The van der Waals surface area contributed by atoms with Crippen molar-refractivity contribution in [2.75, 3.05) is 26.7 Å². The zero-order valence-electron chi connectivity index (χ0n) is 14.1. The monoisotopic (exact) mass is 328 g/mol. The molecule has 0 spiro atoms. The van der Waals surface area contributed by atoms with Gasteiger partial charge in [0.15, 0.2) is 0 Å². The Morgan fingerprint density at radius 2 is 1.92 bits per heavy atom. The van der Waals surface area contributed by atoms with Crippen LogP contribution in [-0.2, 0) is 11.3 Å². The number of carbonyl (C=O) groups excluding carboxylic acids is 1. The number of amides is 1. The predicted octanol–water partition coefficient (Wildman–Crippen LogP) is 1.76. The lowest BCUT2D eigenvalue weighted by Gasteiger charge is -2.23. The summed E-state index contributed by atoms with van der Waals surface area (Å²) in [5.41, 5.74) is 0.548. The number of benzene rings is 1. The molecule has 6 nitrogen and oxygen atoms in total. The summed E-state index contributed by atoms with van der Waals surface area (Å²) in [5.74, 6) is 0.743. The third-order valence-corrected chi connectivity index (χ3v) is 4.45. The van der Waals surface area contributed by atoms with E-state index in [9.17, 15) is 9.59 Å². The normalized spacial score (nSPS) is 15.7. The maximum absolute atomic E-state index is 12.4. The average Bonchev–Trinajstić information content (AvgIpc) is 2.84. The van der Waals surface area contributed by atoms with Crippen molar-refractivity contribution in [1.82, 2.24) is 19.8 Å². The molecule has 128 valence electrons. The molecule has 1 N–H and O–H groups in total. The van der Waals surface area contributed by atoms with Gasteiger partial charge in [-0.25, -0.2) is 4.98 Å². The number of aromatic amines is 1. The van der Waals surface area contributed by atoms with Gasteiger partial charge in [0.1, 0.15) is 5.82 Å². The molecule has 6 heteroatoms. The minimum atomic E-state index is -0.136. The minimum absolute atomic E-state index is 0.136. The number of hydrogen-bond acceptors (Lipinski definition) is 4. The third kappa shape index (κ3) is 4.00. The van der Waals surface area contributed by atoms with Crippen LogP contribution in [0.1, 0.15) is 31.5 Å². The Hall–Kier alpha value is -2.21. The predicted molar refractivity (Wildman–Crippen MR) is 93.7 cm³/mol. The van der Waals surface area contributed by atoms with E-state index in [1.807, 2.05) is 35.0 Å². The number of likely N-dealkylation sites (tertiary alicyclic amines) is 1. The molecular weight excluding hydrogens is 304 g/mol. The molecule has 0 atom stereocenters. The molecule has 3 rings (SSSR count). The van der Waals surface area contributed by atoms with Gasteiger partial charge in [0, 0.05) is 13.1 Å². The van der Waals surface area contributed by atoms with Gasteiger partial charge in [0.05, 0.1) is 24.0 Å². The Balaban J connectivity index is 1.65. The summed E-state index contributed by atoms with van der Waals surface area (Å²) < 4.78 is 0. The summed E-state index contributed by atoms with van der Waals surface area (Å²) in [6.45, 7) is 2.51. The van der Waals surface area contributed by atoms with E-state index in [1.165, 1.54) is 12.8 Å². The van der Waals surface area contributed by atoms with E-state index in [0.717, 1.165) is 25.9 Å². The Morgan fingerprint density at radius 1 is 1.21 bits per heavy atom. The summed E-state index contributed by atoms with van der Waals surface area (Å²) in [7, 11) is 1.88. The summed E-state index contributed by atoms with van der Waals surface area (Å²) in [4.78, 5) is 35.7. The molecule has 1 saturated heterocycles. The second-order valence-electron chi connectivity index (χ2n) is 6.50. The van der Waals surface area contributed by atoms with E-state index in [1.54, 1.807) is 6.07 Å². The quantitative estimate of drug-likeness (QED) is 0.928. The van der Waals surface area contributed by atoms with E-state index >= 15 is 0 Å². The van der Waals surface area contributed by atoms with E-state index in [2.05, 4.69) is 9.97 Å². The lowest BCUT2D eigenvalue weighted by molar-refractivity contribution is -0.132. The Labute approximate surface area is 141 Å². The van der Waals surface area contributed by atoms with Gasteiger partial charge in [-0.3, -0.25) is 14.5 Å². The maximum atomic E-state index is 12.4. The largest absolute Gasteiger partial charge is 0.342 e. The van der Waals surface area contributed by atoms with Crippen molar-refractivity contribution in [3.8, 4) is 0 Å². The summed E-state index contributed by atoms with van der Waals surface area (Å²) in [6.07, 6.45) is 4.60. The number of fused-ring (bicyclic) bond motifs is 1. The smallest absolute Gasteiger partial charge is 0.258 e. The van der Waals surface area contributed by atoms with Crippen LogP contribution in [0.5, 0.6) is 0 Å². The Morgan fingerprint density at radius 3 is 2.67 bits per heavy atom. The summed E-state index contributed by atoms with van der Waals surface area (Å²) >= 11 is 0. The van der Waals surface area contributed by atoms with Crippen LogP contribution in [0.4, 0.5) is 0 Å². The minimum Gasteiger partial charge on any atom is -0.342 e. The highest BCUT2D eigenvalue weighted by Crippen LogP contribution is 2.11. The first-order chi connectivity index (χ1) is 11.6. The number of carbonyl (C=O) groups is 1. The van der Waals surface area contributed by atoms with Crippen LogP contribution in [0.25, 0.3) is 10.9 Å². The first-order valence-corrected chi connectivity index (χ1v) is 8.58. The van der Waals surface area contributed by atoms with Crippen LogP contribution >= 0.6 is 0 Å². The van der Waals surface area contributed by atoms with Gasteiger partial charge in [-0.1, -0.05) is 25.0 Å². The molecule has 0 saturated carbocycles. The highest BCUT2D eigenvalue weighted by atomic mass is 16.2. The molecule has 1 amide bonds. The number of nitrogens with zero attached hydrogens (tertiary/aromatic N) is 3. The van der Waals surface area contributed by atoms with Gasteiger partial charge in [-0.05, 0) is 32.0 Å². The average molecular weight is 328 g/mol. The summed E-state index contributed by atoms with van der Waals surface area (Å²) in [6, 6.07) is 7.28. The molecule has 2 aromatic rings.